The summed E-state index contributed by atoms with van der Waals surface area (Å²) in [6.45, 7) is 6.90. The number of aliphatic hydroxyl groups is 1. The van der Waals surface area contributed by atoms with Gasteiger partial charge >= 0.3 is 24.1 Å². The second kappa shape index (κ2) is 14.9. The van der Waals surface area contributed by atoms with Gasteiger partial charge < -0.3 is 24.2 Å². The van der Waals surface area contributed by atoms with E-state index in [0.717, 1.165) is 28.0 Å². The SMILES string of the molecule is CC1=C(C(=O)O[C@@H](C)C(=O)OCc2ccccc2)C(c2ccc(C#N)cc2)N(CC(=O)OC(C)(C)C)C(O)N1c1cccc(C(F)(F)F)c1. The van der Waals surface area contributed by atoms with Gasteiger partial charge in [0.2, 0.25) is 0 Å². The average Bonchev–Trinajstić information content (AvgIpc) is 3.04. The summed E-state index contributed by atoms with van der Waals surface area (Å²) >= 11 is 0. The van der Waals surface area contributed by atoms with Gasteiger partial charge in [-0.1, -0.05) is 48.5 Å². The molecular weight excluding hydrogens is 643 g/mol. The highest BCUT2D eigenvalue weighted by Gasteiger charge is 2.45. The van der Waals surface area contributed by atoms with Crippen LogP contribution in [0, 0.1) is 11.3 Å². The molecule has 0 fully saturated rings. The van der Waals surface area contributed by atoms with Gasteiger partial charge in [0.1, 0.15) is 18.8 Å². The molecule has 0 aliphatic carbocycles. The molecule has 0 spiro atoms. The number of hydrogen-bond acceptors (Lipinski definition) is 10. The van der Waals surface area contributed by atoms with Crippen molar-refractivity contribution in [3.8, 4) is 6.07 Å². The predicted octanol–water partition coefficient (Wildman–Crippen LogP) is 6.01. The summed E-state index contributed by atoms with van der Waals surface area (Å²) < 4.78 is 57.7. The molecule has 13 heteroatoms. The first-order valence-corrected chi connectivity index (χ1v) is 15.2. The third kappa shape index (κ3) is 9.04. The lowest BCUT2D eigenvalue weighted by molar-refractivity contribution is -0.167. The molecule has 3 aromatic rings. The van der Waals surface area contributed by atoms with Gasteiger partial charge in [-0.2, -0.15) is 18.4 Å². The lowest BCUT2D eigenvalue weighted by Crippen LogP contribution is -2.56. The summed E-state index contributed by atoms with van der Waals surface area (Å²) in [5.74, 6) is -2.73. The molecule has 4 rings (SSSR count). The number of ether oxygens (including phenoxy) is 3. The Bertz CT molecular complexity index is 1750. The fourth-order valence-corrected chi connectivity index (χ4v) is 5.28. The van der Waals surface area contributed by atoms with Crippen molar-refractivity contribution in [2.24, 2.45) is 0 Å². The Morgan fingerprint density at radius 2 is 1.63 bits per heavy atom. The number of halogens is 3. The molecule has 49 heavy (non-hydrogen) atoms. The van der Waals surface area contributed by atoms with Crippen molar-refractivity contribution in [2.75, 3.05) is 11.4 Å². The van der Waals surface area contributed by atoms with E-state index in [9.17, 15) is 37.9 Å². The molecule has 1 N–H and O–H groups in total. The Hall–Kier alpha value is -5.19. The van der Waals surface area contributed by atoms with Crippen LogP contribution >= 0.6 is 0 Å². The molecule has 3 atom stereocenters. The van der Waals surface area contributed by atoms with E-state index in [1.54, 1.807) is 51.1 Å². The van der Waals surface area contributed by atoms with Crippen LogP contribution in [0.3, 0.4) is 0 Å². The van der Waals surface area contributed by atoms with E-state index in [0.29, 0.717) is 11.1 Å². The summed E-state index contributed by atoms with van der Waals surface area (Å²) in [6.07, 6.45) is -7.96. The Balaban J connectivity index is 1.82. The summed E-state index contributed by atoms with van der Waals surface area (Å²) in [5, 5.41) is 21.2. The van der Waals surface area contributed by atoms with Crippen molar-refractivity contribution in [1.82, 2.24) is 4.90 Å². The Labute approximate surface area is 281 Å². The molecule has 0 amide bonds. The van der Waals surface area contributed by atoms with Gasteiger partial charge in [0.25, 0.3) is 0 Å². The van der Waals surface area contributed by atoms with E-state index in [1.807, 2.05) is 6.07 Å². The van der Waals surface area contributed by atoms with E-state index in [4.69, 9.17) is 14.2 Å². The summed E-state index contributed by atoms with van der Waals surface area (Å²) in [6, 6.07) is 19.6. The predicted molar refractivity (Wildman–Crippen MR) is 171 cm³/mol. The van der Waals surface area contributed by atoms with Crippen LogP contribution in [0.4, 0.5) is 18.9 Å². The maximum absolute atomic E-state index is 14.1. The number of anilines is 1. The van der Waals surface area contributed by atoms with Crippen molar-refractivity contribution >= 4 is 23.6 Å². The molecule has 0 saturated carbocycles. The maximum atomic E-state index is 14.1. The normalized spacial score (nSPS) is 17.6. The molecule has 0 radical (unpaired) electrons. The number of rotatable bonds is 9. The highest BCUT2D eigenvalue weighted by Crippen LogP contribution is 2.42. The van der Waals surface area contributed by atoms with Crippen molar-refractivity contribution in [3.05, 3.63) is 112 Å². The minimum absolute atomic E-state index is 0.0172. The maximum Gasteiger partial charge on any atom is 0.416 e. The lowest BCUT2D eigenvalue weighted by Gasteiger charge is -2.47. The number of carbonyl (C=O) groups is 3. The Morgan fingerprint density at radius 3 is 2.22 bits per heavy atom. The van der Waals surface area contributed by atoms with Crippen LogP contribution in [0.2, 0.25) is 0 Å². The summed E-state index contributed by atoms with van der Waals surface area (Å²) in [7, 11) is 0. The van der Waals surface area contributed by atoms with E-state index in [2.05, 4.69) is 0 Å². The first-order chi connectivity index (χ1) is 23.0. The molecule has 2 unspecified atom stereocenters. The first-order valence-electron chi connectivity index (χ1n) is 15.2. The highest BCUT2D eigenvalue weighted by molar-refractivity contribution is 5.94. The van der Waals surface area contributed by atoms with E-state index in [-0.39, 0.29) is 29.1 Å². The standard InChI is InChI=1S/C36H36F3N3O7/c1-22-30(33(45)48-23(2)32(44)47-21-25-10-7-6-8-11-25)31(26-16-14-24(19-40)15-17-26)41(20-29(43)49-35(3,4)5)34(46)42(22)28-13-9-12-27(18-28)36(37,38)39/h6-18,23,31,34,46H,20-21H2,1-5H3/t23-,31?,34?/m0/s1. The second-order valence-corrected chi connectivity index (χ2v) is 12.3. The molecule has 1 aliphatic heterocycles. The van der Waals surface area contributed by atoms with Gasteiger partial charge in [-0.25, -0.2) is 14.5 Å². The zero-order valence-electron chi connectivity index (χ0n) is 27.5. The average molecular weight is 680 g/mol. The van der Waals surface area contributed by atoms with E-state index in [1.165, 1.54) is 44.2 Å². The van der Waals surface area contributed by atoms with Crippen LogP contribution in [0.25, 0.3) is 0 Å². The topological polar surface area (TPSA) is 129 Å². The molecule has 0 aromatic heterocycles. The van der Waals surface area contributed by atoms with Crippen LogP contribution in [0.15, 0.2) is 90.1 Å². The van der Waals surface area contributed by atoms with Crippen molar-refractivity contribution in [1.29, 1.82) is 5.26 Å². The van der Waals surface area contributed by atoms with E-state index < -0.39 is 60.3 Å². The minimum atomic E-state index is -4.73. The quantitative estimate of drug-likeness (QED) is 0.212. The number of carbonyl (C=O) groups excluding carboxylic acids is 3. The smallest absolute Gasteiger partial charge is 0.416 e. The fourth-order valence-electron chi connectivity index (χ4n) is 5.28. The number of hydrogen-bond donors (Lipinski definition) is 1. The molecule has 0 saturated heterocycles. The van der Waals surface area contributed by atoms with Crippen molar-refractivity contribution in [2.45, 2.75) is 71.5 Å². The zero-order valence-corrected chi connectivity index (χ0v) is 27.5. The number of esters is 3. The largest absolute Gasteiger partial charge is 0.459 e. The monoisotopic (exact) mass is 679 g/mol. The van der Waals surface area contributed by atoms with Gasteiger partial charge in [-0.3, -0.25) is 4.79 Å². The van der Waals surface area contributed by atoms with Gasteiger partial charge in [0, 0.05) is 11.4 Å². The molecule has 10 nitrogen and oxygen atoms in total. The number of alkyl halides is 3. The van der Waals surface area contributed by atoms with Crippen LogP contribution in [-0.4, -0.2) is 52.5 Å². The first kappa shape index (κ1) is 36.6. The number of aliphatic hydroxyl groups excluding tert-OH is 1. The van der Waals surface area contributed by atoms with Crippen LogP contribution in [0.1, 0.15) is 62.9 Å². The molecule has 0 bridgehead atoms. The third-order valence-electron chi connectivity index (χ3n) is 7.48. The number of nitriles is 1. The summed E-state index contributed by atoms with van der Waals surface area (Å²) in [4.78, 5) is 42.4. The van der Waals surface area contributed by atoms with Crippen molar-refractivity contribution in [3.63, 3.8) is 0 Å². The van der Waals surface area contributed by atoms with Gasteiger partial charge in [-0.05, 0) is 76.1 Å². The molecule has 1 heterocycles. The Kier molecular flexibility index (Phi) is 11.2. The fraction of sp³-hybridized carbons (Fsp3) is 0.333. The second-order valence-electron chi connectivity index (χ2n) is 12.3. The van der Waals surface area contributed by atoms with Crippen LogP contribution in [0.5, 0.6) is 0 Å². The number of benzene rings is 3. The van der Waals surface area contributed by atoms with Gasteiger partial charge in [-0.15, -0.1) is 0 Å². The number of allylic oxidation sites excluding steroid dienone is 1. The lowest BCUT2D eigenvalue weighted by atomic mass is 9.92. The van der Waals surface area contributed by atoms with Crippen LogP contribution < -0.4 is 4.90 Å². The third-order valence-corrected chi connectivity index (χ3v) is 7.48. The molecular formula is C36H36F3N3O7. The van der Waals surface area contributed by atoms with Crippen molar-refractivity contribution < 1.29 is 46.9 Å². The highest BCUT2D eigenvalue weighted by atomic mass is 19.4. The van der Waals surface area contributed by atoms with Crippen LogP contribution in [-0.2, 0) is 41.4 Å². The van der Waals surface area contributed by atoms with Gasteiger partial charge in [0.15, 0.2) is 12.5 Å². The minimum Gasteiger partial charge on any atom is -0.459 e. The molecule has 258 valence electrons. The van der Waals surface area contributed by atoms with Gasteiger partial charge in [0.05, 0.1) is 28.8 Å². The summed E-state index contributed by atoms with van der Waals surface area (Å²) in [5.41, 5.74) is -1.00. The van der Waals surface area contributed by atoms with E-state index >= 15 is 0 Å². The Morgan fingerprint density at radius 1 is 0.980 bits per heavy atom. The molecule has 1 aliphatic rings. The molecule has 3 aromatic carbocycles. The number of nitrogens with zero attached hydrogens (tertiary/aromatic N) is 3. The zero-order chi connectivity index (χ0) is 36.1.